The molecule has 0 spiro atoms. The van der Waals surface area contributed by atoms with Crippen molar-refractivity contribution in [1.29, 1.82) is 0 Å². The number of likely N-dealkylation sites (N-methyl/N-ethyl adjacent to an activating group) is 1. The van der Waals surface area contributed by atoms with E-state index in [9.17, 15) is 4.79 Å². The Bertz CT molecular complexity index is 393. The first-order valence-electron chi connectivity index (χ1n) is 4.81. The highest BCUT2D eigenvalue weighted by molar-refractivity contribution is 5.84. The molecule has 0 N–H and O–H groups in total. The molecule has 1 aromatic rings. The van der Waals surface area contributed by atoms with Gasteiger partial charge < -0.3 is 4.90 Å². The summed E-state index contributed by atoms with van der Waals surface area (Å²) in [6, 6.07) is 0. The summed E-state index contributed by atoms with van der Waals surface area (Å²) in [5, 5.41) is 4.22. The highest BCUT2D eigenvalue weighted by Gasteiger charge is 2.15. The predicted molar refractivity (Wildman–Crippen MR) is 61.4 cm³/mol. The standard InChI is InChI=1S/C11H17N3O/c1-8(2)6-13(4)11-10(7-15)9(3)12-14(11)5/h7H,1,6H2,2-5H3. The van der Waals surface area contributed by atoms with E-state index in [0.29, 0.717) is 5.56 Å². The third-order valence-electron chi connectivity index (χ3n) is 2.22. The minimum absolute atomic E-state index is 0.654. The van der Waals surface area contributed by atoms with Gasteiger partial charge in [-0.15, -0.1) is 0 Å². The van der Waals surface area contributed by atoms with Crippen LogP contribution in [-0.4, -0.2) is 29.7 Å². The monoisotopic (exact) mass is 207 g/mol. The van der Waals surface area contributed by atoms with Crippen molar-refractivity contribution < 1.29 is 4.79 Å². The summed E-state index contributed by atoms with van der Waals surface area (Å²) in [7, 11) is 3.77. The van der Waals surface area contributed by atoms with E-state index in [2.05, 4.69) is 11.7 Å². The number of carbonyl (C=O) groups excluding carboxylic acids is 1. The molecular weight excluding hydrogens is 190 g/mol. The van der Waals surface area contributed by atoms with E-state index in [-0.39, 0.29) is 0 Å². The summed E-state index contributed by atoms with van der Waals surface area (Å²) in [6.45, 7) is 8.37. The summed E-state index contributed by atoms with van der Waals surface area (Å²) < 4.78 is 1.72. The van der Waals surface area contributed by atoms with Gasteiger partial charge in [0, 0.05) is 20.6 Å². The molecule has 15 heavy (non-hydrogen) atoms. The molecule has 0 saturated carbocycles. The molecule has 0 atom stereocenters. The van der Waals surface area contributed by atoms with E-state index in [0.717, 1.165) is 29.9 Å². The van der Waals surface area contributed by atoms with Crippen molar-refractivity contribution in [2.45, 2.75) is 13.8 Å². The molecule has 0 amide bonds. The molecule has 0 aliphatic heterocycles. The smallest absolute Gasteiger partial charge is 0.155 e. The van der Waals surface area contributed by atoms with Crippen LogP contribution in [0.3, 0.4) is 0 Å². The maximum absolute atomic E-state index is 10.9. The number of aldehydes is 1. The molecular formula is C11H17N3O. The Kier molecular flexibility index (Phi) is 3.29. The fraction of sp³-hybridized carbons (Fsp3) is 0.455. The fourth-order valence-corrected chi connectivity index (χ4v) is 1.73. The van der Waals surface area contributed by atoms with Crippen molar-refractivity contribution in [1.82, 2.24) is 9.78 Å². The molecule has 0 bridgehead atoms. The topological polar surface area (TPSA) is 38.1 Å². The third kappa shape index (κ3) is 2.26. The highest BCUT2D eigenvalue weighted by Crippen LogP contribution is 2.20. The average Bonchev–Trinajstić information content (AvgIpc) is 2.38. The van der Waals surface area contributed by atoms with Gasteiger partial charge in [-0.3, -0.25) is 9.48 Å². The molecule has 0 aliphatic carbocycles. The first-order valence-corrected chi connectivity index (χ1v) is 4.81. The van der Waals surface area contributed by atoms with E-state index in [4.69, 9.17) is 0 Å². The first kappa shape index (κ1) is 11.5. The molecule has 4 heteroatoms. The van der Waals surface area contributed by atoms with Crippen LogP contribution in [-0.2, 0) is 7.05 Å². The SMILES string of the molecule is C=C(C)CN(C)c1c(C=O)c(C)nn1C. The summed E-state index contributed by atoms with van der Waals surface area (Å²) in [5.41, 5.74) is 2.46. The number of nitrogens with zero attached hydrogens (tertiary/aromatic N) is 3. The average molecular weight is 207 g/mol. The van der Waals surface area contributed by atoms with Gasteiger partial charge in [-0.25, -0.2) is 0 Å². The molecule has 0 unspecified atom stereocenters. The van der Waals surface area contributed by atoms with Crippen molar-refractivity contribution in [3.8, 4) is 0 Å². The predicted octanol–water partition coefficient (Wildman–Crippen LogP) is 1.55. The van der Waals surface area contributed by atoms with Crippen LogP contribution >= 0.6 is 0 Å². The van der Waals surface area contributed by atoms with Crippen molar-refractivity contribution in [2.24, 2.45) is 7.05 Å². The third-order valence-corrected chi connectivity index (χ3v) is 2.22. The zero-order valence-electron chi connectivity index (χ0n) is 9.74. The minimum Gasteiger partial charge on any atom is -0.355 e. The first-order chi connectivity index (χ1) is 6.97. The second kappa shape index (κ2) is 4.29. The van der Waals surface area contributed by atoms with Gasteiger partial charge in [-0.05, 0) is 13.8 Å². The van der Waals surface area contributed by atoms with Crippen LogP contribution < -0.4 is 4.90 Å². The lowest BCUT2D eigenvalue weighted by Crippen LogP contribution is -2.22. The minimum atomic E-state index is 0.654. The Balaban J connectivity index is 3.11. The highest BCUT2D eigenvalue weighted by atomic mass is 16.1. The van der Waals surface area contributed by atoms with E-state index in [1.165, 1.54) is 0 Å². The molecule has 1 aromatic heterocycles. The normalized spacial score (nSPS) is 10.1. The molecule has 4 nitrogen and oxygen atoms in total. The molecule has 0 aromatic carbocycles. The van der Waals surface area contributed by atoms with E-state index < -0.39 is 0 Å². The summed E-state index contributed by atoms with van der Waals surface area (Å²) in [4.78, 5) is 12.9. The van der Waals surface area contributed by atoms with Gasteiger partial charge in [-0.2, -0.15) is 5.10 Å². The maximum atomic E-state index is 10.9. The number of aryl methyl sites for hydroxylation is 2. The molecule has 82 valence electrons. The largest absolute Gasteiger partial charge is 0.355 e. The number of rotatable bonds is 4. The molecule has 0 aliphatic rings. The van der Waals surface area contributed by atoms with Crippen molar-refractivity contribution in [3.05, 3.63) is 23.4 Å². The zero-order chi connectivity index (χ0) is 11.6. The molecule has 1 heterocycles. The Morgan fingerprint density at radius 1 is 1.67 bits per heavy atom. The Hall–Kier alpha value is -1.58. The van der Waals surface area contributed by atoms with Gasteiger partial charge in [0.1, 0.15) is 5.82 Å². The summed E-state index contributed by atoms with van der Waals surface area (Å²) in [6.07, 6.45) is 0.854. The number of hydrogen-bond acceptors (Lipinski definition) is 3. The van der Waals surface area contributed by atoms with Crippen LogP contribution in [0.2, 0.25) is 0 Å². The Morgan fingerprint density at radius 3 is 2.73 bits per heavy atom. The van der Waals surface area contributed by atoms with E-state index in [1.807, 2.05) is 32.8 Å². The van der Waals surface area contributed by atoms with Crippen molar-refractivity contribution in [2.75, 3.05) is 18.5 Å². The summed E-state index contributed by atoms with van der Waals surface area (Å²) >= 11 is 0. The maximum Gasteiger partial charge on any atom is 0.155 e. The lowest BCUT2D eigenvalue weighted by Gasteiger charge is -2.19. The number of anilines is 1. The second-order valence-electron chi connectivity index (χ2n) is 3.88. The van der Waals surface area contributed by atoms with Gasteiger partial charge in [-0.1, -0.05) is 12.2 Å². The van der Waals surface area contributed by atoms with Crippen LogP contribution in [0.5, 0.6) is 0 Å². The molecule has 0 radical (unpaired) electrons. The van der Waals surface area contributed by atoms with E-state index >= 15 is 0 Å². The molecule has 0 saturated heterocycles. The van der Waals surface area contributed by atoms with Crippen LogP contribution in [0.25, 0.3) is 0 Å². The van der Waals surface area contributed by atoms with Crippen LogP contribution in [0.4, 0.5) is 5.82 Å². The fourth-order valence-electron chi connectivity index (χ4n) is 1.73. The van der Waals surface area contributed by atoms with Gasteiger partial charge in [0.2, 0.25) is 0 Å². The number of hydrogen-bond donors (Lipinski definition) is 0. The van der Waals surface area contributed by atoms with Crippen LogP contribution in [0, 0.1) is 6.92 Å². The molecule has 1 rings (SSSR count). The van der Waals surface area contributed by atoms with Crippen molar-refractivity contribution >= 4 is 12.1 Å². The number of aromatic nitrogens is 2. The van der Waals surface area contributed by atoms with Crippen LogP contribution in [0.1, 0.15) is 23.0 Å². The number of carbonyl (C=O) groups is 1. The van der Waals surface area contributed by atoms with Gasteiger partial charge >= 0.3 is 0 Å². The lowest BCUT2D eigenvalue weighted by atomic mass is 10.2. The Morgan fingerprint density at radius 2 is 2.27 bits per heavy atom. The lowest BCUT2D eigenvalue weighted by molar-refractivity contribution is 0.112. The van der Waals surface area contributed by atoms with Gasteiger partial charge in [0.05, 0.1) is 11.3 Å². The van der Waals surface area contributed by atoms with Gasteiger partial charge in [0.25, 0.3) is 0 Å². The summed E-state index contributed by atoms with van der Waals surface area (Å²) in [5.74, 6) is 0.838. The van der Waals surface area contributed by atoms with Crippen molar-refractivity contribution in [3.63, 3.8) is 0 Å². The van der Waals surface area contributed by atoms with Gasteiger partial charge in [0.15, 0.2) is 6.29 Å². The molecule has 0 fully saturated rings. The zero-order valence-corrected chi connectivity index (χ0v) is 9.74. The quantitative estimate of drug-likeness (QED) is 0.555. The second-order valence-corrected chi connectivity index (χ2v) is 3.88. The van der Waals surface area contributed by atoms with E-state index in [1.54, 1.807) is 4.68 Å². The van der Waals surface area contributed by atoms with Crippen LogP contribution in [0.15, 0.2) is 12.2 Å². The Labute approximate surface area is 90.2 Å².